The summed E-state index contributed by atoms with van der Waals surface area (Å²) in [6.45, 7) is 2.18. The van der Waals surface area contributed by atoms with Crippen molar-refractivity contribution in [2.75, 3.05) is 25.5 Å². The van der Waals surface area contributed by atoms with Crippen molar-refractivity contribution in [1.82, 2.24) is 10.3 Å². The smallest absolute Gasteiger partial charge is 0.121 e. The van der Waals surface area contributed by atoms with E-state index in [1.54, 1.807) is 7.11 Å². The van der Waals surface area contributed by atoms with Gasteiger partial charge in [-0.2, -0.15) is 0 Å². The number of aromatic nitrogens is 1. The highest BCUT2D eigenvalue weighted by atomic mass is 35.5. The van der Waals surface area contributed by atoms with Crippen LogP contribution < -0.4 is 15.4 Å². The maximum Gasteiger partial charge on any atom is 0.121 e. The lowest BCUT2D eigenvalue weighted by molar-refractivity contribution is 0.374. The molecule has 0 aliphatic carbocycles. The van der Waals surface area contributed by atoms with Gasteiger partial charge in [0.25, 0.3) is 0 Å². The Morgan fingerprint density at radius 1 is 1.29 bits per heavy atom. The van der Waals surface area contributed by atoms with Gasteiger partial charge in [0.15, 0.2) is 0 Å². The topological polar surface area (TPSA) is 46.2 Å². The number of halogens is 1. The number of fused-ring (bicyclic) bond motifs is 1. The number of anilines is 1. The first-order valence-electron chi connectivity index (χ1n) is 8.77. The van der Waals surface area contributed by atoms with Crippen LogP contribution in [-0.4, -0.2) is 31.2 Å². The molecule has 2 N–H and O–H groups in total. The molecule has 1 aromatic heterocycles. The fraction of sp³-hybridized carbons (Fsp3) is 0.526. The van der Waals surface area contributed by atoms with E-state index in [1.165, 1.54) is 45.1 Å². The molecule has 1 fully saturated rings. The molecule has 1 atom stereocenters. The summed E-state index contributed by atoms with van der Waals surface area (Å²) in [4.78, 5) is 4.50. The van der Waals surface area contributed by atoms with E-state index in [9.17, 15) is 0 Å². The van der Waals surface area contributed by atoms with Crippen molar-refractivity contribution in [3.05, 3.63) is 30.5 Å². The van der Waals surface area contributed by atoms with Gasteiger partial charge in [-0.05, 0) is 44.4 Å². The normalized spacial score (nSPS) is 17.3. The Bertz CT molecular complexity index is 629. The molecule has 2 heterocycles. The zero-order valence-electron chi connectivity index (χ0n) is 14.4. The van der Waals surface area contributed by atoms with E-state index in [-0.39, 0.29) is 12.4 Å². The molecule has 0 spiro atoms. The number of methoxy groups -OCH3 is 1. The Morgan fingerprint density at radius 2 is 2.21 bits per heavy atom. The second-order valence-corrected chi connectivity index (χ2v) is 6.32. The summed E-state index contributed by atoms with van der Waals surface area (Å²) in [6.07, 6.45) is 9.65. The molecule has 1 aromatic carbocycles. The largest absolute Gasteiger partial charge is 0.497 e. The summed E-state index contributed by atoms with van der Waals surface area (Å²) in [5, 5.41) is 8.27. The molecule has 1 saturated heterocycles. The summed E-state index contributed by atoms with van der Waals surface area (Å²) < 4.78 is 5.39. The van der Waals surface area contributed by atoms with Gasteiger partial charge < -0.3 is 15.4 Å². The molecule has 0 amide bonds. The quantitative estimate of drug-likeness (QED) is 0.728. The van der Waals surface area contributed by atoms with Gasteiger partial charge in [0.2, 0.25) is 0 Å². The lowest BCUT2D eigenvalue weighted by Crippen LogP contribution is -2.33. The molecule has 4 nitrogen and oxygen atoms in total. The number of piperidine rings is 1. The highest BCUT2D eigenvalue weighted by molar-refractivity contribution is 5.91. The number of benzene rings is 1. The van der Waals surface area contributed by atoms with Crippen molar-refractivity contribution in [2.45, 2.75) is 44.6 Å². The number of nitrogens with one attached hydrogen (secondary N) is 2. The Hall–Kier alpha value is -1.52. The van der Waals surface area contributed by atoms with Crippen LogP contribution in [0.25, 0.3) is 10.9 Å². The summed E-state index contributed by atoms with van der Waals surface area (Å²) in [5.41, 5.74) is 2.08. The molecular weight excluding hydrogens is 322 g/mol. The van der Waals surface area contributed by atoms with Gasteiger partial charge in [-0.1, -0.05) is 18.9 Å². The van der Waals surface area contributed by atoms with Crippen molar-refractivity contribution in [3.8, 4) is 5.75 Å². The summed E-state index contributed by atoms with van der Waals surface area (Å²) >= 11 is 0. The monoisotopic (exact) mass is 349 g/mol. The Kier molecular flexibility index (Phi) is 7.60. The molecule has 0 radical (unpaired) electrons. The first-order valence-corrected chi connectivity index (χ1v) is 8.77. The second kappa shape index (κ2) is 9.70. The molecular formula is C19H28ClN3O. The summed E-state index contributed by atoms with van der Waals surface area (Å²) in [5.74, 6) is 0.874. The van der Waals surface area contributed by atoms with E-state index >= 15 is 0 Å². The van der Waals surface area contributed by atoms with Crippen LogP contribution >= 0.6 is 12.4 Å². The maximum atomic E-state index is 5.39. The highest BCUT2D eigenvalue weighted by Gasteiger charge is 2.11. The number of ether oxygens (including phenoxy) is 1. The fourth-order valence-electron chi connectivity index (χ4n) is 3.33. The maximum absolute atomic E-state index is 5.39. The fourth-order valence-corrected chi connectivity index (χ4v) is 3.33. The van der Waals surface area contributed by atoms with E-state index in [1.807, 2.05) is 24.4 Å². The van der Waals surface area contributed by atoms with Crippen LogP contribution in [-0.2, 0) is 0 Å². The predicted octanol–water partition coefficient (Wildman–Crippen LogP) is 4.39. The van der Waals surface area contributed by atoms with E-state index in [4.69, 9.17) is 4.74 Å². The molecule has 1 unspecified atom stereocenters. The van der Waals surface area contributed by atoms with Crippen LogP contribution in [0.2, 0.25) is 0 Å². The van der Waals surface area contributed by atoms with E-state index in [0.717, 1.165) is 34.9 Å². The molecule has 1 aliphatic rings. The average Bonchev–Trinajstić information content (AvgIpc) is 2.62. The van der Waals surface area contributed by atoms with Crippen LogP contribution in [0.4, 0.5) is 5.69 Å². The predicted molar refractivity (Wildman–Crippen MR) is 104 cm³/mol. The van der Waals surface area contributed by atoms with E-state index < -0.39 is 0 Å². The van der Waals surface area contributed by atoms with E-state index in [2.05, 4.69) is 21.7 Å². The SMILES string of the molecule is COc1cc(NCCCCC2CCCCN2)c2ncccc2c1.Cl. The van der Waals surface area contributed by atoms with Crippen LogP contribution in [0.1, 0.15) is 38.5 Å². The molecule has 3 rings (SSSR count). The number of hydrogen-bond acceptors (Lipinski definition) is 4. The zero-order chi connectivity index (χ0) is 15.9. The van der Waals surface area contributed by atoms with Crippen molar-refractivity contribution >= 4 is 29.0 Å². The standard InChI is InChI=1S/C19H27N3O.ClH/c1-23-17-13-15-7-6-12-22-19(15)18(14-17)21-11-5-3-9-16-8-2-4-10-20-16;/h6-7,12-14,16,20-21H,2-5,8-11H2,1H3;1H. The second-order valence-electron chi connectivity index (χ2n) is 6.32. The third-order valence-electron chi connectivity index (χ3n) is 4.62. The van der Waals surface area contributed by atoms with Crippen LogP contribution in [0, 0.1) is 0 Å². The van der Waals surface area contributed by atoms with Crippen molar-refractivity contribution < 1.29 is 4.74 Å². The lowest BCUT2D eigenvalue weighted by atomic mass is 10.00. The molecule has 5 heteroatoms. The van der Waals surface area contributed by atoms with Gasteiger partial charge in [-0.25, -0.2) is 0 Å². The molecule has 0 saturated carbocycles. The number of unbranched alkanes of at least 4 members (excludes halogenated alkanes) is 1. The molecule has 24 heavy (non-hydrogen) atoms. The molecule has 1 aliphatic heterocycles. The average molecular weight is 350 g/mol. The van der Waals surface area contributed by atoms with Gasteiger partial charge >= 0.3 is 0 Å². The summed E-state index contributed by atoms with van der Waals surface area (Å²) in [6, 6.07) is 8.84. The zero-order valence-corrected chi connectivity index (χ0v) is 15.2. The number of nitrogens with zero attached hydrogens (tertiary/aromatic N) is 1. The number of rotatable bonds is 7. The third kappa shape index (κ3) is 4.99. The Balaban J connectivity index is 0.00000208. The minimum Gasteiger partial charge on any atom is -0.497 e. The van der Waals surface area contributed by atoms with Gasteiger partial charge in [0, 0.05) is 30.2 Å². The summed E-state index contributed by atoms with van der Waals surface area (Å²) in [7, 11) is 1.71. The first kappa shape index (κ1) is 18.8. The van der Waals surface area contributed by atoms with Crippen molar-refractivity contribution in [3.63, 3.8) is 0 Å². The third-order valence-corrected chi connectivity index (χ3v) is 4.62. The van der Waals surface area contributed by atoms with Gasteiger partial charge in [-0.3, -0.25) is 4.98 Å². The lowest BCUT2D eigenvalue weighted by Gasteiger charge is -2.23. The molecule has 2 aromatic rings. The van der Waals surface area contributed by atoms with E-state index in [0.29, 0.717) is 0 Å². The van der Waals surface area contributed by atoms with Crippen molar-refractivity contribution in [2.24, 2.45) is 0 Å². The van der Waals surface area contributed by atoms with Crippen molar-refractivity contribution in [1.29, 1.82) is 0 Å². The van der Waals surface area contributed by atoms with Gasteiger partial charge in [0.05, 0.1) is 18.3 Å². The van der Waals surface area contributed by atoms with Gasteiger partial charge in [-0.15, -0.1) is 12.4 Å². The first-order chi connectivity index (χ1) is 11.4. The highest BCUT2D eigenvalue weighted by Crippen LogP contribution is 2.27. The molecule has 0 bridgehead atoms. The Morgan fingerprint density at radius 3 is 3.00 bits per heavy atom. The van der Waals surface area contributed by atoms with Crippen LogP contribution in [0.3, 0.4) is 0 Å². The minimum atomic E-state index is 0. The minimum absolute atomic E-state index is 0. The molecule has 132 valence electrons. The van der Waals surface area contributed by atoms with Crippen LogP contribution in [0.5, 0.6) is 5.75 Å². The van der Waals surface area contributed by atoms with Gasteiger partial charge in [0.1, 0.15) is 5.75 Å². The number of hydrogen-bond donors (Lipinski definition) is 2. The van der Waals surface area contributed by atoms with Crippen LogP contribution in [0.15, 0.2) is 30.5 Å². The number of pyridine rings is 1. The Labute approximate surface area is 150 Å².